The Labute approximate surface area is 119 Å². The van der Waals surface area contributed by atoms with Crippen LogP contribution in [0.25, 0.3) is 6.08 Å². The molecule has 1 aromatic heterocycles. The van der Waals surface area contributed by atoms with E-state index in [0.29, 0.717) is 17.9 Å². The summed E-state index contributed by atoms with van der Waals surface area (Å²) in [6.07, 6.45) is 2.02. The van der Waals surface area contributed by atoms with Gasteiger partial charge in [0.15, 0.2) is 0 Å². The Morgan fingerprint density at radius 3 is 2.85 bits per heavy atom. The first-order valence-corrected chi connectivity index (χ1v) is 6.64. The summed E-state index contributed by atoms with van der Waals surface area (Å²) in [4.78, 5) is 11.3. The molecule has 0 aliphatic rings. The van der Waals surface area contributed by atoms with Gasteiger partial charge in [0.25, 0.3) is 5.22 Å². The van der Waals surface area contributed by atoms with Crippen molar-refractivity contribution in [2.75, 3.05) is 0 Å². The van der Waals surface area contributed by atoms with E-state index in [9.17, 15) is 15.0 Å². The van der Waals surface area contributed by atoms with Gasteiger partial charge in [-0.25, -0.2) is 4.79 Å². The van der Waals surface area contributed by atoms with E-state index in [1.165, 1.54) is 18.2 Å². The van der Waals surface area contributed by atoms with Gasteiger partial charge < -0.3 is 14.6 Å². The first kappa shape index (κ1) is 14.1. The smallest absolute Gasteiger partial charge is 0.342 e. The van der Waals surface area contributed by atoms with Gasteiger partial charge in [0.05, 0.1) is 0 Å². The molecule has 0 bridgehead atoms. The number of carboxylic acid groups (broad SMARTS) is 1. The van der Waals surface area contributed by atoms with Gasteiger partial charge in [-0.2, -0.15) is 0 Å². The summed E-state index contributed by atoms with van der Waals surface area (Å²) >= 11 is 0.873. The maximum absolute atomic E-state index is 11.2. The number of nitrogens with zero attached hydrogens (tertiary/aromatic N) is 2. The number of rotatable bonds is 5. The van der Waals surface area contributed by atoms with Crippen molar-refractivity contribution in [1.82, 2.24) is 10.2 Å². The number of phenols is 1. The maximum Gasteiger partial charge on any atom is 0.342 e. The van der Waals surface area contributed by atoms with E-state index in [1.807, 2.05) is 6.92 Å². The van der Waals surface area contributed by atoms with Crippen LogP contribution < -0.4 is 0 Å². The number of carbonyl (C=O) groups is 1. The molecular weight excluding hydrogens is 280 g/mol. The number of aromatic nitrogens is 2. The molecule has 2 aromatic rings. The molecule has 0 radical (unpaired) electrons. The monoisotopic (exact) mass is 292 g/mol. The number of aromatic hydroxyl groups is 1. The zero-order valence-corrected chi connectivity index (χ0v) is 11.4. The number of hydrogen-bond acceptors (Lipinski definition) is 6. The third-order valence-electron chi connectivity index (χ3n) is 2.33. The van der Waals surface area contributed by atoms with Crippen molar-refractivity contribution in [2.24, 2.45) is 0 Å². The number of phenolic OH excluding ortho intramolecular Hbond substituents is 1. The highest BCUT2D eigenvalue weighted by atomic mass is 32.2. The molecule has 0 aliphatic carbocycles. The Morgan fingerprint density at radius 1 is 1.45 bits per heavy atom. The van der Waals surface area contributed by atoms with Gasteiger partial charge in [-0.3, -0.25) is 0 Å². The van der Waals surface area contributed by atoms with Crippen LogP contribution in [0.5, 0.6) is 5.75 Å². The van der Waals surface area contributed by atoms with Crippen LogP contribution in [-0.4, -0.2) is 26.4 Å². The Bertz CT molecular complexity index is 651. The molecule has 0 amide bonds. The molecule has 0 fully saturated rings. The summed E-state index contributed by atoms with van der Waals surface area (Å²) in [7, 11) is 0. The van der Waals surface area contributed by atoms with Crippen molar-refractivity contribution in [2.45, 2.75) is 18.6 Å². The predicted octanol–water partition coefficient (Wildman–Crippen LogP) is 2.56. The normalized spacial score (nSPS) is 11.6. The second kappa shape index (κ2) is 6.25. The summed E-state index contributed by atoms with van der Waals surface area (Å²) in [6.45, 7) is 1.86. The molecule has 0 atom stereocenters. The fraction of sp³-hybridized carbons (Fsp3) is 0.154. The highest BCUT2D eigenvalue weighted by molar-refractivity contribution is 8.03. The lowest BCUT2D eigenvalue weighted by Crippen LogP contribution is -1.96. The van der Waals surface area contributed by atoms with Crippen molar-refractivity contribution in [3.63, 3.8) is 0 Å². The highest BCUT2D eigenvalue weighted by Crippen LogP contribution is 2.28. The Morgan fingerprint density at radius 2 is 2.25 bits per heavy atom. The lowest BCUT2D eigenvalue weighted by atomic mass is 10.2. The third-order valence-corrected chi connectivity index (χ3v) is 3.18. The molecule has 0 unspecified atom stereocenters. The Hall–Kier alpha value is -2.28. The summed E-state index contributed by atoms with van der Waals surface area (Å²) in [5, 5.41) is 26.3. The van der Waals surface area contributed by atoms with Crippen LogP contribution in [0.1, 0.15) is 18.4 Å². The van der Waals surface area contributed by atoms with Gasteiger partial charge in [-0.1, -0.05) is 19.1 Å². The second-order valence-electron chi connectivity index (χ2n) is 3.83. The van der Waals surface area contributed by atoms with E-state index in [4.69, 9.17) is 4.42 Å². The zero-order valence-electron chi connectivity index (χ0n) is 10.6. The summed E-state index contributed by atoms with van der Waals surface area (Å²) in [5.41, 5.74) is 0.574. The van der Waals surface area contributed by atoms with Crippen LogP contribution in [0, 0.1) is 0 Å². The van der Waals surface area contributed by atoms with Gasteiger partial charge in [-0.15, -0.1) is 10.2 Å². The SMILES string of the molecule is CCc1nnc(S/C(=C\c2cccc(O)c2)C(=O)O)o1. The van der Waals surface area contributed by atoms with Crippen molar-refractivity contribution in [3.8, 4) is 5.75 Å². The largest absolute Gasteiger partial charge is 0.508 e. The topological polar surface area (TPSA) is 96.5 Å². The van der Waals surface area contributed by atoms with E-state index in [2.05, 4.69) is 10.2 Å². The molecule has 6 nitrogen and oxygen atoms in total. The number of benzene rings is 1. The minimum atomic E-state index is -1.10. The minimum absolute atomic E-state index is 0.0295. The molecule has 0 aliphatic heterocycles. The molecule has 0 saturated heterocycles. The van der Waals surface area contributed by atoms with Crippen molar-refractivity contribution < 1.29 is 19.4 Å². The third kappa shape index (κ3) is 3.61. The average molecular weight is 292 g/mol. The van der Waals surface area contributed by atoms with Crippen LogP contribution in [0.4, 0.5) is 0 Å². The molecule has 1 heterocycles. The second-order valence-corrected chi connectivity index (χ2v) is 4.82. The minimum Gasteiger partial charge on any atom is -0.508 e. The molecule has 2 N–H and O–H groups in total. The first-order valence-electron chi connectivity index (χ1n) is 5.82. The van der Waals surface area contributed by atoms with Gasteiger partial charge in [0, 0.05) is 6.42 Å². The maximum atomic E-state index is 11.2. The van der Waals surface area contributed by atoms with Crippen LogP contribution >= 0.6 is 11.8 Å². The Balaban J connectivity index is 2.25. The van der Waals surface area contributed by atoms with E-state index >= 15 is 0 Å². The molecule has 20 heavy (non-hydrogen) atoms. The van der Waals surface area contributed by atoms with Crippen molar-refractivity contribution >= 4 is 23.8 Å². The van der Waals surface area contributed by atoms with E-state index in [0.717, 1.165) is 11.8 Å². The number of carboxylic acids is 1. The summed E-state index contributed by atoms with van der Waals surface area (Å²) in [6, 6.07) is 6.30. The van der Waals surface area contributed by atoms with Crippen molar-refractivity contribution in [1.29, 1.82) is 0 Å². The van der Waals surface area contributed by atoms with E-state index < -0.39 is 5.97 Å². The van der Waals surface area contributed by atoms with Crippen molar-refractivity contribution in [3.05, 3.63) is 40.6 Å². The van der Waals surface area contributed by atoms with Crippen LogP contribution in [0.15, 0.2) is 38.8 Å². The number of hydrogen-bond donors (Lipinski definition) is 2. The predicted molar refractivity (Wildman–Crippen MR) is 73.3 cm³/mol. The molecule has 7 heteroatoms. The van der Waals surface area contributed by atoms with Gasteiger partial charge in [-0.05, 0) is 35.5 Å². The summed E-state index contributed by atoms with van der Waals surface area (Å²) < 4.78 is 5.26. The fourth-order valence-electron chi connectivity index (χ4n) is 1.42. The van der Waals surface area contributed by atoms with Crippen LogP contribution in [0.3, 0.4) is 0 Å². The van der Waals surface area contributed by atoms with E-state index in [1.54, 1.807) is 12.1 Å². The number of aliphatic carboxylic acids is 1. The molecule has 0 saturated carbocycles. The van der Waals surface area contributed by atoms with Gasteiger partial charge in [0.2, 0.25) is 5.89 Å². The Kier molecular flexibility index (Phi) is 4.41. The molecule has 104 valence electrons. The van der Waals surface area contributed by atoms with Crippen LogP contribution in [-0.2, 0) is 11.2 Å². The van der Waals surface area contributed by atoms with Gasteiger partial charge in [0.1, 0.15) is 10.7 Å². The lowest BCUT2D eigenvalue weighted by molar-refractivity contribution is -0.131. The molecule has 0 spiro atoms. The quantitative estimate of drug-likeness (QED) is 0.645. The molecule has 1 aromatic carbocycles. The standard InChI is InChI=1S/C13H12N2O4S/c1-2-11-14-15-13(19-11)20-10(12(17)18)7-8-4-3-5-9(16)6-8/h3-7,16H,2H2,1H3,(H,17,18)/b10-7-. The first-order chi connectivity index (χ1) is 9.58. The zero-order chi connectivity index (χ0) is 14.5. The summed E-state index contributed by atoms with van der Waals surface area (Å²) in [5.74, 6) is -0.580. The number of thioether (sulfide) groups is 1. The van der Waals surface area contributed by atoms with Crippen LogP contribution in [0.2, 0.25) is 0 Å². The lowest BCUT2D eigenvalue weighted by Gasteiger charge is -1.99. The molecule has 2 rings (SSSR count). The van der Waals surface area contributed by atoms with E-state index in [-0.39, 0.29) is 15.9 Å². The average Bonchev–Trinajstić information content (AvgIpc) is 2.85. The number of aryl methyl sites for hydroxylation is 1. The molecular formula is C13H12N2O4S. The highest BCUT2D eigenvalue weighted by Gasteiger charge is 2.14. The van der Waals surface area contributed by atoms with Gasteiger partial charge >= 0.3 is 5.97 Å². The fourth-order valence-corrected chi connectivity index (χ4v) is 2.11.